The van der Waals surface area contributed by atoms with Gasteiger partial charge in [-0.05, 0) is 19.9 Å². The van der Waals surface area contributed by atoms with Gasteiger partial charge in [0.25, 0.3) is 0 Å². The molecule has 0 bridgehead atoms. The molecule has 1 aliphatic rings. The van der Waals surface area contributed by atoms with Gasteiger partial charge in [0.1, 0.15) is 0 Å². The first-order valence-electron chi connectivity index (χ1n) is 4.59. The van der Waals surface area contributed by atoms with E-state index in [1.165, 1.54) is 6.42 Å². The fourth-order valence-electron chi connectivity index (χ4n) is 2.03. The van der Waals surface area contributed by atoms with E-state index in [9.17, 15) is 4.79 Å². The van der Waals surface area contributed by atoms with Crippen LogP contribution in [0.2, 0.25) is 0 Å². The number of carboxylic acid groups (broad SMARTS) is 1. The van der Waals surface area contributed by atoms with Crippen molar-refractivity contribution in [2.75, 3.05) is 13.6 Å². The Morgan fingerprint density at radius 1 is 1.42 bits per heavy atom. The number of hydrogen-bond acceptors (Lipinski definition) is 2. The van der Waals surface area contributed by atoms with Crippen molar-refractivity contribution < 1.29 is 9.90 Å². The molecular formula is C9H17NO2. The molecule has 3 nitrogen and oxygen atoms in total. The van der Waals surface area contributed by atoms with Gasteiger partial charge in [-0.1, -0.05) is 19.3 Å². The molecule has 0 heterocycles. The second kappa shape index (κ2) is 3.90. The monoisotopic (exact) mass is 171 g/mol. The molecule has 0 aromatic heterocycles. The highest BCUT2D eigenvalue weighted by Crippen LogP contribution is 2.35. The summed E-state index contributed by atoms with van der Waals surface area (Å²) >= 11 is 0. The van der Waals surface area contributed by atoms with E-state index in [4.69, 9.17) is 5.11 Å². The lowest BCUT2D eigenvalue weighted by Gasteiger charge is -2.32. The van der Waals surface area contributed by atoms with Gasteiger partial charge < -0.3 is 10.4 Å². The van der Waals surface area contributed by atoms with Crippen molar-refractivity contribution >= 4 is 5.97 Å². The van der Waals surface area contributed by atoms with Crippen LogP contribution in [0.25, 0.3) is 0 Å². The first-order valence-corrected chi connectivity index (χ1v) is 4.59. The van der Waals surface area contributed by atoms with Crippen LogP contribution in [0, 0.1) is 5.41 Å². The van der Waals surface area contributed by atoms with Gasteiger partial charge in [0.2, 0.25) is 0 Å². The van der Waals surface area contributed by atoms with Crippen molar-refractivity contribution in [3.05, 3.63) is 0 Å². The summed E-state index contributed by atoms with van der Waals surface area (Å²) in [5, 5.41) is 12.1. The van der Waals surface area contributed by atoms with Gasteiger partial charge >= 0.3 is 5.97 Å². The Bertz CT molecular complexity index is 156. The molecule has 0 aromatic carbocycles. The van der Waals surface area contributed by atoms with Crippen molar-refractivity contribution in [3.8, 4) is 0 Å². The van der Waals surface area contributed by atoms with Crippen LogP contribution in [0.1, 0.15) is 32.1 Å². The molecule has 70 valence electrons. The molecule has 0 aromatic rings. The fraction of sp³-hybridized carbons (Fsp3) is 0.889. The molecule has 12 heavy (non-hydrogen) atoms. The van der Waals surface area contributed by atoms with E-state index in [0.29, 0.717) is 6.54 Å². The lowest BCUT2D eigenvalue weighted by molar-refractivity contribution is -0.150. The molecule has 1 saturated carbocycles. The summed E-state index contributed by atoms with van der Waals surface area (Å²) in [5.41, 5.74) is -0.465. The molecule has 0 aliphatic heterocycles. The summed E-state index contributed by atoms with van der Waals surface area (Å²) < 4.78 is 0. The minimum atomic E-state index is -0.628. The minimum absolute atomic E-state index is 0.465. The maximum Gasteiger partial charge on any atom is 0.310 e. The second-order valence-corrected chi connectivity index (χ2v) is 3.68. The third kappa shape index (κ3) is 1.78. The van der Waals surface area contributed by atoms with Crippen LogP contribution < -0.4 is 5.32 Å². The number of aliphatic carboxylic acids is 1. The maximum atomic E-state index is 11.0. The zero-order valence-corrected chi connectivity index (χ0v) is 7.60. The number of hydrogen-bond donors (Lipinski definition) is 2. The Kier molecular flexibility index (Phi) is 3.09. The molecule has 0 atom stereocenters. The summed E-state index contributed by atoms with van der Waals surface area (Å²) in [4.78, 5) is 11.0. The average molecular weight is 171 g/mol. The van der Waals surface area contributed by atoms with Gasteiger partial charge in [0.15, 0.2) is 0 Å². The molecular weight excluding hydrogens is 154 g/mol. The summed E-state index contributed by atoms with van der Waals surface area (Å²) in [6.45, 7) is 0.613. The molecule has 1 aliphatic carbocycles. The van der Waals surface area contributed by atoms with Crippen molar-refractivity contribution in [3.63, 3.8) is 0 Å². The number of nitrogens with one attached hydrogen (secondary N) is 1. The highest BCUT2D eigenvalue weighted by Gasteiger charge is 2.38. The molecule has 1 rings (SSSR count). The van der Waals surface area contributed by atoms with Crippen molar-refractivity contribution in [2.45, 2.75) is 32.1 Å². The van der Waals surface area contributed by atoms with Crippen LogP contribution in [0.15, 0.2) is 0 Å². The van der Waals surface area contributed by atoms with Crippen LogP contribution in [0.4, 0.5) is 0 Å². The van der Waals surface area contributed by atoms with E-state index in [1.807, 2.05) is 7.05 Å². The standard InChI is InChI=1S/C9H17NO2/c1-10-7-9(8(11)12)5-3-2-4-6-9/h10H,2-7H2,1H3,(H,11,12). The predicted octanol–water partition coefficient (Wildman–Crippen LogP) is 1.24. The van der Waals surface area contributed by atoms with Gasteiger partial charge in [-0.25, -0.2) is 0 Å². The van der Waals surface area contributed by atoms with E-state index in [1.54, 1.807) is 0 Å². The normalized spacial score (nSPS) is 22.1. The fourth-order valence-corrected chi connectivity index (χ4v) is 2.03. The molecule has 0 unspecified atom stereocenters. The number of carbonyl (C=O) groups is 1. The van der Waals surface area contributed by atoms with Crippen molar-refractivity contribution in [1.29, 1.82) is 0 Å². The Morgan fingerprint density at radius 3 is 2.42 bits per heavy atom. The Labute approximate surface area is 73.2 Å². The molecule has 0 saturated heterocycles. The lowest BCUT2D eigenvalue weighted by Crippen LogP contribution is -2.41. The molecule has 1 fully saturated rings. The Morgan fingerprint density at radius 2 is 2.00 bits per heavy atom. The summed E-state index contributed by atoms with van der Waals surface area (Å²) in [6.07, 6.45) is 4.99. The third-order valence-electron chi connectivity index (χ3n) is 2.78. The van der Waals surface area contributed by atoms with Gasteiger partial charge in [-0.2, -0.15) is 0 Å². The Hall–Kier alpha value is -0.570. The van der Waals surface area contributed by atoms with Crippen LogP contribution in [-0.2, 0) is 4.79 Å². The molecule has 2 N–H and O–H groups in total. The minimum Gasteiger partial charge on any atom is -0.481 e. The largest absolute Gasteiger partial charge is 0.481 e. The predicted molar refractivity (Wildman–Crippen MR) is 47.1 cm³/mol. The lowest BCUT2D eigenvalue weighted by atomic mass is 9.74. The zero-order valence-electron chi connectivity index (χ0n) is 7.60. The van der Waals surface area contributed by atoms with Gasteiger partial charge in [0.05, 0.1) is 5.41 Å². The quantitative estimate of drug-likeness (QED) is 0.671. The first-order chi connectivity index (χ1) is 5.71. The molecule has 0 spiro atoms. The summed E-state index contributed by atoms with van der Waals surface area (Å²) in [5.74, 6) is -0.628. The summed E-state index contributed by atoms with van der Waals surface area (Å²) in [7, 11) is 1.82. The average Bonchev–Trinajstić information content (AvgIpc) is 2.06. The van der Waals surface area contributed by atoms with Crippen molar-refractivity contribution in [2.24, 2.45) is 5.41 Å². The molecule has 0 radical (unpaired) electrons. The van der Waals surface area contributed by atoms with E-state index < -0.39 is 11.4 Å². The third-order valence-corrected chi connectivity index (χ3v) is 2.78. The second-order valence-electron chi connectivity index (χ2n) is 3.68. The molecule has 0 amide bonds. The van der Waals surface area contributed by atoms with Gasteiger partial charge in [-0.15, -0.1) is 0 Å². The topological polar surface area (TPSA) is 49.3 Å². The van der Waals surface area contributed by atoms with Crippen LogP contribution in [0.3, 0.4) is 0 Å². The van der Waals surface area contributed by atoms with E-state index in [0.717, 1.165) is 25.7 Å². The van der Waals surface area contributed by atoms with E-state index in [-0.39, 0.29) is 0 Å². The number of carboxylic acids is 1. The smallest absolute Gasteiger partial charge is 0.310 e. The van der Waals surface area contributed by atoms with Crippen molar-refractivity contribution in [1.82, 2.24) is 5.32 Å². The maximum absolute atomic E-state index is 11.0. The summed E-state index contributed by atoms with van der Waals surface area (Å²) in [6, 6.07) is 0. The zero-order chi connectivity index (χ0) is 9.03. The first kappa shape index (κ1) is 9.52. The van der Waals surface area contributed by atoms with E-state index >= 15 is 0 Å². The number of rotatable bonds is 3. The highest BCUT2D eigenvalue weighted by molar-refractivity contribution is 5.75. The van der Waals surface area contributed by atoms with E-state index in [2.05, 4.69) is 5.32 Å². The van der Waals surface area contributed by atoms with Crippen LogP contribution in [-0.4, -0.2) is 24.7 Å². The van der Waals surface area contributed by atoms with Crippen LogP contribution in [0.5, 0.6) is 0 Å². The van der Waals surface area contributed by atoms with Gasteiger partial charge in [0, 0.05) is 6.54 Å². The SMILES string of the molecule is CNCC1(C(=O)O)CCCCC1. The molecule has 3 heteroatoms. The Balaban J connectivity index is 2.63. The highest BCUT2D eigenvalue weighted by atomic mass is 16.4. The van der Waals surface area contributed by atoms with Crippen LogP contribution >= 0.6 is 0 Å². The van der Waals surface area contributed by atoms with Gasteiger partial charge in [-0.3, -0.25) is 4.79 Å².